The molecule has 3 rings (SSSR count). The smallest absolute Gasteiger partial charge is 0.213 e. The third kappa shape index (κ3) is 1.79. The Balaban J connectivity index is 1.81. The van der Waals surface area contributed by atoms with Crippen molar-refractivity contribution >= 4 is 0 Å². The Hall–Kier alpha value is -1.09. The predicted molar refractivity (Wildman–Crippen MR) is 78.5 cm³/mol. The van der Waals surface area contributed by atoms with Crippen LogP contribution in [0.1, 0.15) is 51.3 Å². The molecule has 2 bridgehead atoms. The fraction of sp³-hybridized carbons (Fsp3) is 0.706. The van der Waals surface area contributed by atoms with Crippen LogP contribution in [0.3, 0.4) is 0 Å². The highest BCUT2D eigenvalue weighted by atomic mass is 16.5. The molecule has 1 aromatic heterocycles. The van der Waals surface area contributed by atoms with Gasteiger partial charge < -0.3 is 9.84 Å². The summed E-state index contributed by atoms with van der Waals surface area (Å²) in [5.41, 5.74) is 2.34. The summed E-state index contributed by atoms with van der Waals surface area (Å²) in [5.74, 6) is 1.48. The first-order chi connectivity index (χ1) is 9.38. The van der Waals surface area contributed by atoms with Crippen molar-refractivity contribution in [1.29, 1.82) is 0 Å². The van der Waals surface area contributed by atoms with Crippen LogP contribution in [-0.4, -0.2) is 16.2 Å². The fourth-order valence-corrected chi connectivity index (χ4v) is 4.25. The first-order valence-electron chi connectivity index (χ1n) is 7.62. The SMILES string of the molecule is Cc1nc(OC2CC3CCC2(C)C3(C)C)ccc1CO. The number of hydrogen-bond acceptors (Lipinski definition) is 3. The summed E-state index contributed by atoms with van der Waals surface area (Å²) in [6.07, 6.45) is 4.00. The summed E-state index contributed by atoms with van der Waals surface area (Å²) in [6, 6.07) is 3.80. The molecule has 3 atom stereocenters. The first-order valence-corrected chi connectivity index (χ1v) is 7.62. The highest BCUT2D eigenvalue weighted by Crippen LogP contribution is 2.66. The van der Waals surface area contributed by atoms with Crippen LogP contribution < -0.4 is 4.74 Å². The Bertz CT molecular complexity index is 526. The van der Waals surface area contributed by atoms with E-state index in [2.05, 4.69) is 25.8 Å². The molecular weight excluding hydrogens is 250 g/mol. The molecule has 0 spiro atoms. The second-order valence-corrected chi connectivity index (χ2v) is 7.27. The van der Waals surface area contributed by atoms with Crippen LogP contribution >= 0.6 is 0 Å². The average molecular weight is 275 g/mol. The zero-order valence-corrected chi connectivity index (χ0v) is 12.9. The molecular formula is C17H25NO2. The van der Waals surface area contributed by atoms with Gasteiger partial charge in [-0.2, -0.15) is 0 Å². The summed E-state index contributed by atoms with van der Waals surface area (Å²) < 4.78 is 6.24. The standard InChI is InChI=1S/C17H25NO2/c1-11-12(10-19)5-6-15(18-11)20-14-9-13-7-8-17(14,4)16(13,2)3/h5-6,13-14,19H,7-10H2,1-4H3. The molecule has 0 radical (unpaired) electrons. The van der Waals surface area contributed by atoms with Crippen LogP contribution in [0.5, 0.6) is 5.88 Å². The van der Waals surface area contributed by atoms with Crippen LogP contribution in [0.15, 0.2) is 12.1 Å². The van der Waals surface area contributed by atoms with Crippen molar-refractivity contribution in [2.45, 2.75) is 59.7 Å². The first kappa shape index (κ1) is 13.9. The number of rotatable bonds is 3. The van der Waals surface area contributed by atoms with E-state index in [1.54, 1.807) is 0 Å². The Morgan fingerprint density at radius 3 is 2.60 bits per heavy atom. The normalized spacial score (nSPS) is 34.5. The van der Waals surface area contributed by atoms with Crippen molar-refractivity contribution in [3.63, 3.8) is 0 Å². The number of aliphatic hydroxyl groups is 1. The van der Waals surface area contributed by atoms with Gasteiger partial charge in [0, 0.05) is 17.2 Å². The monoisotopic (exact) mass is 275 g/mol. The summed E-state index contributed by atoms with van der Waals surface area (Å²) in [7, 11) is 0. The molecule has 2 saturated carbocycles. The molecule has 0 amide bonds. The fourth-order valence-electron chi connectivity index (χ4n) is 4.25. The highest BCUT2D eigenvalue weighted by Gasteiger charge is 2.62. The third-order valence-corrected chi connectivity index (χ3v) is 6.32. The van der Waals surface area contributed by atoms with Crippen molar-refractivity contribution in [3.05, 3.63) is 23.4 Å². The van der Waals surface area contributed by atoms with Gasteiger partial charge in [0.2, 0.25) is 5.88 Å². The Kier molecular flexibility index (Phi) is 3.09. The Morgan fingerprint density at radius 1 is 1.35 bits per heavy atom. The van der Waals surface area contributed by atoms with Gasteiger partial charge in [0.25, 0.3) is 0 Å². The van der Waals surface area contributed by atoms with Crippen LogP contribution in [-0.2, 0) is 6.61 Å². The number of hydrogen-bond donors (Lipinski definition) is 1. The predicted octanol–water partition coefficient (Wildman–Crippen LogP) is 3.48. The molecule has 0 aliphatic heterocycles. The van der Waals surface area contributed by atoms with Gasteiger partial charge in [0.05, 0.1) is 6.61 Å². The quantitative estimate of drug-likeness (QED) is 0.918. The molecule has 2 fully saturated rings. The Morgan fingerprint density at radius 2 is 2.10 bits per heavy atom. The lowest BCUT2D eigenvalue weighted by Crippen LogP contribution is -2.39. The van der Waals surface area contributed by atoms with Gasteiger partial charge in [-0.15, -0.1) is 0 Å². The lowest BCUT2D eigenvalue weighted by atomic mass is 9.70. The van der Waals surface area contributed by atoms with E-state index in [0.29, 0.717) is 11.3 Å². The van der Waals surface area contributed by atoms with Gasteiger partial charge in [0.15, 0.2) is 0 Å². The summed E-state index contributed by atoms with van der Waals surface area (Å²) in [6.45, 7) is 9.11. The van der Waals surface area contributed by atoms with Crippen molar-refractivity contribution in [2.75, 3.05) is 0 Å². The second kappa shape index (κ2) is 4.45. The van der Waals surface area contributed by atoms with Crippen molar-refractivity contribution in [3.8, 4) is 5.88 Å². The van der Waals surface area contributed by atoms with Crippen molar-refractivity contribution < 1.29 is 9.84 Å². The molecule has 1 heterocycles. The van der Waals surface area contributed by atoms with E-state index in [1.807, 2.05) is 19.1 Å². The molecule has 1 N–H and O–H groups in total. The highest BCUT2D eigenvalue weighted by molar-refractivity contribution is 5.25. The van der Waals surface area contributed by atoms with E-state index in [9.17, 15) is 5.11 Å². The number of nitrogens with zero attached hydrogens (tertiary/aromatic N) is 1. The van der Waals surface area contributed by atoms with Crippen molar-refractivity contribution in [2.24, 2.45) is 16.7 Å². The molecule has 3 nitrogen and oxygen atoms in total. The zero-order chi connectivity index (χ0) is 14.5. The van der Waals surface area contributed by atoms with E-state index >= 15 is 0 Å². The van der Waals surface area contributed by atoms with Crippen LogP contribution in [0, 0.1) is 23.7 Å². The number of aliphatic hydroxyl groups excluding tert-OH is 1. The zero-order valence-electron chi connectivity index (χ0n) is 12.9. The topological polar surface area (TPSA) is 42.4 Å². The minimum absolute atomic E-state index is 0.0371. The van der Waals surface area contributed by atoms with Gasteiger partial charge in [-0.05, 0) is 49.1 Å². The molecule has 3 heteroatoms. The maximum Gasteiger partial charge on any atom is 0.213 e. The van der Waals surface area contributed by atoms with Crippen molar-refractivity contribution in [1.82, 2.24) is 4.98 Å². The third-order valence-electron chi connectivity index (χ3n) is 6.32. The molecule has 3 unspecified atom stereocenters. The Labute approximate surface area is 121 Å². The van der Waals surface area contributed by atoms with E-state index in [4.69, 9.17) is 4.74 Å². The van der Waals surface area contributed by atoms with Gasteiger partial charge in [-0.3, -0.25) is 0 Å². The summed E-state index contributed by atoms with van der Waals surface area (Å²) in [5, 5.41) is 9.21. The number of ether oxygens (including phenoxy) is 1. The van der Waals surface area contributed by atoms with Gasteiger partial charge in [-0.25, -0.2) is 4.98 Å². The molecule has 2 aliphatic rings. The van der Waals surface area contributed by atoms with E-state index < -0.39 is 0 Å². The maximum atomic E-state index is 9.21. The molecule has 0 saturated heterocycles. The van der Waals surface area contributed by atoms with Gasteiger partial charge in [-0.1, -0.05) is 20.8 Å². The minimum Gasteiger partial charge on any atom is -0.474 e. The average Bonchev–Trinajstić information content (AvgIpc) is 2.72. The molecule has 1 aromatic rings. The largest absolute Gasteiger partial charge is 0.474 e. The number of fused-ring (bicyclic) bond motifs is 2. The lowest BCUT2D eigenvalue weighted by Gasteiger charge is -2.38. The molecule has 2 aliphatic carbocycles. The van der Waals surface area contributed by atoms with Crippen LogP contribution in [0.4, 0.5) is 0 Å². The van der Waals surface area contributed by atoms with Gasteiger partial charge >= 0.3 is 0 Å². The maximum absolute atomic E-state index is 9.21. The van der Waals surface area contributed by atoms with Crippen LogP contribution in [0.2, 0.25) is 0 Å². The number of aromatic nitrogens is 1. The second-order valence-electron chi connectivity index (χ2n) is 7.27. The van der Waals surface area contributed by atoms with E-state index in [1.165, 1.54) is 12.8 Å². The summed E-state index contributed by atoms with van der Waals surface area (Å²) in [4.78, 5) is 4.49. The lowest BCUT2D eigenvalue weighted by molar-refractivity contribution is 0.0272. The summed E-state index contributed by atoms with van der Waals surface area (Å²) >= 11 is 0. The minimum atomic E-state index is 0.0371. The van der Waals surface area contributed by atoms with E-state index in [-0.39, 0.29) is 18.1 Å². The molecule has 0 aromatic carbocycles. The molecule has 110 valence electrons. The van der Waals surface area contributed by atoms with Gasteiger partial charge in [0.1, 0.15) is 6.10 Å². The van der Waals surface area contributed by atoms with E-state index in [0.717, 1.165) is 23.6 Å². The number of pyridine rings is 1. The molecule has 20 heavy (non-hydrogen) atoms. The van der Waals surface area contributed by atoms with Crippen LogP contribution in [0.25, 0.3) is 0 Å². The number of aryl methyl sites for hydroxylation is 1.